The largest absolute Gasteiger partial charge is 0.405 e. The molecule has 1 aliphatic heterocycles. The summed E-state index contributed by atoms with van der Waals surface area (Å²) in [6.07, 6.45) is -2.95. The molecule has 138 valence electrons. The second-order valence-corrected chi connectivity index (χ2v) is 6.30. The van der Waals surface area contributed by atoms with Crippen LogP contribution in [0, 0.1) is 5.92 Å². The molecule has 4 nitrogen and oxygen atoms in total. The molecule has 1 aromatic carbocycles. The highest BCUT2D eigenvalue weighted by Crippen LogP contribution is 2.26. The average Bonchev–Trinajstić information content (AvgIpc) is 2.60. The Hall–Kier alpha value is -2.05. The molecule has 1 fully saturated rings. The van der Waals surface area contributed by atoms with Crippen molar-refractivity contribution in [1.29, 1.82) is 0 Å². The zero-order valence-electron chi connectivity index (χ0n) is 14.2. The standard InChI is InChI=1S/C18H23F3N2O2/c1-2-15(13-6-4-3-5-7-13)17(25)23-10-8-14(9-11-23)16(24)22-12-18(19,20)21/h3-7,14-15H,2,8-12H2,1H3,(H,22,24). The van der Waals surface area contributed by atoms with E-state index in [9.17, 15) is 22.8 Å². The molecule has 1 saturated heterocycles. The number of benzene rings is 1. The molecule has 0 aliphatic carbocycles. The Bertz CT molecular complexity index is 582. The first-order valence-corrected chi connectivity index (χ1v) is 8.50. The molecule has 1 N–H and O–H groups in total. The second kappa shape index (κ2) is 8.36. The van der Waals surface area contributed by atoms with Gasteiger partial charge in [-0.1, -0.05) is 37.3 Å². The number of hydrogen-bond acceptors (Lipinski definition) is 2. The number of carbonyl (C=O) groups is 2. The summed E-state index contributed by atoms with van der Waals surface area (Å²) in [6, 6.07) is 9.52. The number of rotatable bonds is 5. The lowest BCUT2D eigenvalue weighted by molar-refractivity contribution is -0.143. The van der Waals surface area contributed by atoms with E-state index < -0.39 is 24.5 Å². The molecule has 1 heterocycles. The molecule has 25 heavy (non-hydrogen) atoms. The molecule has 0 bridgehead atoms. The van der Waals surface area contributed by atoms with E-state index in [0.717, 1.165) is 5.56 Å². The van der Waals surface area contributed by atoms with Crippen molar-refractivity contribution in [2.45, 2.75) is 38.3 Å². The summed E-state index contributed by atoms with van der Waals surface area (Å²) in [5.74, 6) is -1.26. The minimum Gasteiger partial charge on any atom is -0.347 e. The van der Waals surface area contributed by atoms with Crippen LogP contribution < -0.4 is 5.32 Å². The van der Waals surface area contributed by atoms with Crippen molar-refractivity contribution in [2.75, 3.05) is 19.6 Å². The van der Waals surface area contributed by atoms with Crippen LogP contribution in [0.15, 0.2) is 30.3 Å². The minimum atomic E-state index is -4.41. The summed E-state index contributed by atoms with van der Waals surface area (Å²) in [6.45, 7) is 1.43. The lowest BCUT2D eigenvalue weighted by Gasteiger charge is -2.33. The summed E-state index contributed by atoms with van der Waals surface area (Å²) in [5.41, 5.74) is 0.958. The topological polar surface area (TPSA) is 49.4 Å². The fourth-order valence-corrected chi connectivity index (χ4v) is 3.15. The summed E-state index contributed by atoms with van der Waals surface area (Å²) >= 11 is 0. The Labute approximate surface area is 145 Å². The van der Waals surface area contributed by atoms with Crippen molar-refractivity contribution < 1.29 is 22.8 Å². The average molecular weight is 356 g/mol. The number of piperidine rings is 1. The highest BCUT2D eigenvalue weighted by atomic mass is 19.4. The monoisotopic (exact) mass is 356 g/mol. The third kappa shape index (κ3) is 5.47. The van der Waals surface area contributed by atoms with E-state index in [0.29, 0.717) is 32.4 Å². The van der Waals surface area contributed by atoms with Crippen LogP contribution in [0.2, 0.25) is 0 Å². The van der Waals surface area contributed by atoms with Crippen molar-refractivity contribution in [2.24, 2.45) is 5.92 Å². The molecule has 1 atom stereocenters. The maximum Gasteiger partial charge on any atom is 0.405 e. The molecule has 0 radical (unpaired) electrons. The van der Waals surface area contributed by atoms with Crippen LogP contribution in [0.4, 0.5) is 13.2 Å². The number of carbonyl (C=O) groups excluding carboxylic acids is 2. The van der Waals surface area contributed by atoms with Gasteiger partial charge < -0.3 is 10.2 Å². The predicted octanol–water partition coefficient (Wildman–Crippen LogP) is 3.10. The number of amides is 2. The summed E-state index contributed by atoms with van der Waals surface area (Å²) in [7, 11) is 0. The predicted molar refractivity (Wildman–Crippen MR) is 87.8 cm³/mol. The fraction of sp³-hybridized carbons (Fsp3) is 0.556. The van der Waals surface area contributed by atoms with E-state index in [1.807, 2.05) is 42.6 Å². The Kier molecular flexibility index (Phi) is 6.45. The summed E-state index contributed by atoms with van der Waals surface area (Å²) in [5, 5.41) is 1.93. The third-order valence-electron chi connectivity index (χ3n) is 4.55. The Balaban J connectivity index is 1.88. The smallest absolute Gasteiger partial charge is 0.347 e. The SMILES string of the molecule is CCC(C(=O)N1CCC(C(=O)NCC(F)(F)F)CC1)c1ccccc1. The number of hydrogen-bond donors (Lipinski definition) is 1. The molecule has 2 amide bonds. The molecule has 1 aliphatic rings. The number of likely N-dealkylation sites (tertiary alicyclic amines) is 1. The van der Waals surface area contributed by atoms with Gasteiger partial charge in [0.2, 0.25) is 11.8 Å². The molecule has 1 aromatic rings. The van der Waals surface area contributed by atoms with Crippen LogP contribution in [-0.2, 0) is 9.59 Å². The molecule has 0 aromatic heterocycles. The van der Waals surface area contributed by atoms with Gasteiger partial charge in [0.05, 0.1) is 5.92 Å². The first-order chi connectivity index (χ1) is 11.8. The van der Waals surface area contributed by atoms with Gasteiger partial charge in [0.15, 0.2) is 0 Å². The minimum absolute atomic E-state index is 0.0165. The van der Waals surface area contributed by atoms with Crippen molar-refractivity contribution in [3.63, 3.8) is 0 Å². The van der Waals surface area contributed by atoms with Crippen molar-refractivity contribution >= 4 is 11.8 Å². The number of nitrogens with zero attached hydrogens (tertiary/aromatic N) is 1. The van der Waals surface area contributed by atoms with Crippen LogP contribution in [0.5, 0.6) is 0 Å². The molecule has 7 heteroatoms. The highest BCUT2D eigenvalue weighted by Gasteiger charge is 2.33. The summed E-state index contributed by atoms with van der Waals surface area (Å²) < 4.78 is 36.5. The quantitative estimate of drug-likeness (QED) is 0.881. The second-order valence-electron chi connectivity index (χ2n) is 6.30. The normalized spacial score (nSPS) is 17.2. The van der Waals surface area contributed by atoms with Crippen molar-refractivity contribution in [3.8, 4) is 0 Å². The van der Waals surface area contributed by atoms with Gasteiger partial charge in [0, 0.05) is 19.0 Å². The zero-order chi connectivity index (χ0) is 18.4. The van der Waals surface area contributed by atoms with Crippen molar-refractivity contribution in [1.82, 2.24) is 10.2 Å². The Morgan fingerprint density at radius 3 is 2.32 bits per heavy atom. The van der Waals surface area contributed by atoms with Gasteiger partial charge in [0.1, 0.15) is 6.54 Å². The van der Waals surface area contributed by atoms with E-state index >= 15 is 0 Å². The molecular weight excluding hydrogens is 333 g/mol. The molecule has 0 saturated carbocycles. The number of alkyl halides is 3. The van der Waals surface area contributed by atoms with E-state index in [2.05, 4.69) is 0 Å². The van der Waals surface area contributed by atoms with Gasteiger partial charge in [-0.3, -0.25) is 9.59 Å². The van der Waals surface area contributed by atoms with E-state index in [-0.39, 0.29) is 11.8 Å². The maximum atomic E-state index is 12.7. The van der Waals surface area contributed by atoms with Crippen LogP contribution in [0.25, 0.3) is 0 Å². The summed E-state index contributed by atoms with van der Waals surface area (Å²) in [4.78, 5) is 26.3. The first kappa shape index (κ1) is 19.3. The van der Waals surface area contributed by atoms with Gasteiger partial charge in [-0.05, 0) is 24.8 Å². The number of halogens is 3. The molecular formula is C18H23F3N2O2. The van der Waals surface area contributed by atoms with Gasteiger partial charge in [-0.15, -0.1) is 0 Å². The van der Waals surface area contributed by atoms with E-state index in [4.69, 9.17) is 0 Å². The Morgan fingerprint density at radius 2 is 1.80 bits per heavy atom. The molecule has 2 rings (SSSR count). The van der Waals surface area contributed by atoms with E-state index in [1.165, 1.54) is 0 Å². The van der Waals surface area contributed by atoms with Crippen LogP contribution in [0.3, 0.4) is 0 Å². The van der Waals surface area contributed by atoms with Gasteiger partial charge in [0.25, 0.3) is 0 Å². The fourth-order valence-electron chi connectivity index (χ4n) is 3.15. The Morgan fingerprint density at radius 1 is 1.20 bits per heavy atom. The molecule has 1 unspecified atom stereocenters. The maximum absolute atomic E-state index is 12.7. The lowest BCUT2D eigenvalue weighted by atomic mass is 9.91. The van der Waals surface area contributed by atoms with Crippen LogP contribution >= 0.6 is 0 Å². The van der Waals surface area contributed by atoms with Gasteiger partial charge >= 0.3 is 6.18 Å². The van der Waals surface area contributed by atoms with Crippen LogP contribution in [0.1, 0.15) is 37.7 Å². The number of nitrogens with one attached hydrogen (secondary N) is 1. The van der Waals surface area contributed by atoms with Crippen LogP contribution in [-0.4, -0.2) is 42.5 Å². The van der Waals surface area contributed by atoms with E-state index in [1.54, 1.807) is 4.90 Å². The van der Waals surface area contributed by atoms with Gasteiger partial charge in [-0.25, -0.2) is 0 Å². The lowest BCUT2D eigenvalue weighted by Crippen LogP contribution is -2.45. The third-order valence-corrected chi connectivity index (χ3v) is 4.55. The molecule has 0 spiro atoms. The first-order valence-electron chi connectivity index (χ1n) is 8.50. The zero-order valence-corrected chi connectivity index (χ0v) is 14.2. The highest BCUT2D eigenvalue weighted by molar-refractivity contribution is 5.84. The van der Waals surface area contributed by atoms with Crippen molar-refractivity contribution in [3.05, 3.63) is 35.9 Å². The van der Waals surface area contributed by atoms with Gasteiger partial charge in [-0.2, -0.15) is 13.2 Å².